The lowest BCUT2D eigenvalue weighted by molar-refractivity contribution is 0.627. The second-order valence-corrected chi connectivity index (χ2v) is 3.47. The molecule has 5 heteroatoms. The molecule has 2 aromatic rings. The fourth-order valence-electron chi connectivity index (χ4n) is 1.42. The van der Waals surface area contributed by atoms with Crippen molar-refractivity contribution >= 4 is 11.5 Å². The Balaban J connectivity index is 2.35. The van der Waals surface area contributed by atoms with Gasteiger partial charge in [-0.2, -0.15) is 10.5 Å². The van der Waals surface area contributed by atoms with Gasteiger partial charge in [-0.25, -0.2) is 9.37 Å². The number of benzene rings is 1. The average Bonchev–Trinajstić information content (AvgIpc) is 2.41. The van der Waals surface area contributed by atoms with Gasteiger partial charge in [0.15, 0.2) is 0 Å². The molecule has 0 unspecified atom stereocenters. The monoisotopic (exact) mass is 238 g/mol. The Morgan fingerprint density at radius 3 is 2.67 bits per heavy atom. The van der Waals surface area contributed by atoms with Gasteiger partial charge in [0, 0.05) is 6.20 Å². The zero-order chi connectivity index (χ0) is 13.0. The van der Waals surface area contributed by atoms with Crippen molar-refractivity contribution in [1.29, 1.82) is 10.5 Å². The number of nitrogens with one attached hydrogen (secondary N) is 1. The third kappa shape index (κ3) is 2.42. The molecule has 86 valence electrons. The van der Waals surface area contributed by atoms with Crippen molar-refractivity contribution in [3.05, 3.63) is 53.5 Å². The maximum atomic E-state index is 13.0. The summed E-state index contributed by atoms with van der Waals surface area (Å²) in [5.41, 5.74) is 1.08. The van der Waals surface area contributed by atoms with Gasteiger partial charge in [0.1, 0.15) is 17.7 Å². The van der Waals surface area contributed by atoms with Crippen molar-refractivity contribution in [2.75, 3.05) is 5.32 Å². The van der Waals surface area contributed by atoms with E-state index in [1.165, 1.54) is 18.3 Å². The van der Waals surface area contributed by atoms with E-state index in [1.54, 1.807) is 12.1 Å². The van der Waals surface area contributed by atoms with Gasteiger partial charge in [0.05, 0.1) is 22.9 Å². The number of aromatic nitrogens is 1. The first-order chi connectivity index (χ1) is 8.72. The highest BCUT2D eigenvalue weighted by Gasteiger charge is 2.05. The molecule has 4 nitrogen and oxygen atoms in total. The van der Waals surface area contributed by atoms with Gasteiger partial charge in [-0.3, -0.25) is 0 Å². The SMILES string of the molecule is N#Cc1ccnc(Nc2ccc(F)cc2C#N)c1. The molecule has 0 aliphatic carbocycles. The summed E-state index contributed by atoms with van der Waals surface area (Å²) < 4.78 is 13.0. The van der Waals surface area contributed by atoms with Gasteiger partial charge in [-0.1, -0.05) is 0 Å². The van der Waals surface area contributed by atoms with E-state index in [9.17, 15) is 4.39 Å². The minimum absolute atomic E-state index is 0.180. The van der Waals surface area contributed by atoms with Crippen LogP contribution in [0.1, 0.15) is 11.1 Å². The molecule has 0 radical (unpaired) electrons. The zero-order valence-electron chi connectivity index (χ0n) is 9.18. The van der Waals surface area contributed by atoms with Crippen LogP contribution in [-0.4, -0.2) is 4.98 Å². The number of nitriles is 2. The molecule has 0 spiro atoms. The van der Waals surface area contributed by atoms with Crippen molar-refractivity contribution in [1.82, 2.24) is 4.98 Å². The molecule has 0 atom stereocenters. The van der Waals surface area contributed by atoms with Crippen molar-refractivity contribution in [2.24, 2.45) is 0 Å². The second kappa shape index (κ2) is 4.94. The number of hydrogen-bond donors (Lipinski definition) is 1. The summed E-state index contributed by atoms with van der Waals surface area (Å²) in [6.45, 7) is 0. The van der Waals surface area contributed by atoms with E-state index >= 15 is 0 Å². The topological polar surface area (TPSA) is 72.5 Å². The highest BCUT2D eigenvalue weighted by atomic mass is 19.1. The first-order valence-corrected chi connectivity index (χ1v) is 5.06. The number of nitrogens with zero attached hydrogens (tertiary/aromatic N) is 3. The molecule has 0 fully saturated rings. The molecule has 1 aromatic heterocycles. The molecule has 0 saturated carbocycles. The van der Waals surface area contributed by atoms with Crippen LogP contribution < -0.4 is 5.32 Å². The summed E-state index contributed by atoms with van der Waals surface area (Å²) in [5.74, 6) is -0.0482. The van der Waals surface area contributed by atoms with Crippen LogP contribution in [0.5, 0.6) is 0 Å². The summed E-state index contributed by atoms with van der Waals surface area (Å²) in [4.78, 5) is 4.02. The van der Waals surface area contributed by atoms with Gasteiger partial charge in [0.25, 0.3) is 0 Å². The molecule has 0 amide bonds. The van der Waals surface area contributed by atoms with E-state index in [0.29, 0.717) is 17.1 Å². The van der Waals surface area contributed by atoms with Crippen LogP contribution in [0.2, 0.25) is 0 Å². The number of hydrogen-bond acceptors (Lipinski definition) is 4. The van der Waals surface area contributed by atoms with Gasteiger partial charge >= 0.3 is 0 Å². The van der Waals surface area contributed by atoms with Crippen LogP contribution in [-0.2, 0) is 0 Å². The molecule has 2 rings (SSSR count). The van der Waals surface area contributed by atoms with Gasteiger partial charge < -0.3 is 5.32 Å². The summed E-state index contributed by atoms with van der Waals surface area (Å²) in [6, 6.07) is 10.8. The van der Waals surface area contributed by atoms with E-state index in [2.05, 4.69) is 10.3 Å². The minimum Gasteiger partial charge on any atom is -0.339 e. The fourth-order valence-corrected chi connectivity index (χ4v) is 1.42. The quantitative estimate of drug-likeness (QED) is 0.872. The molecule has 1 heterocycles. The molecule has 1 N–H and O–H groups in total. The lowest BCUT2D eigenvalue weighted by Crippen LogP contribution is -1.97. The fraction of sp³-hybridized carbons (Fsp3) is 0. The summed E-state index contributed by atoms with van der Waals surface area (Å²) >= 11 is 0. The van der Waals surface area contributed by atoms with Crippen molar-refractivity contribution in [3.8, 4) is 12.1 Å². The minimum atomic E-state index is -0.476. The lowest BCUT2D eigenvalue weighted by atomic mass is 10.2. The first kappa shape index (κ1) is 11.6. The maximum absolute atomic E-state index is 13.0. The third-order valence-corrected chi connectivity index (χ3v) is 2.25. The van der Waals surface area contributed by atoms with E-state index in [4.69, 9.17) is 10.5 Å². The van der Waals surface area contributed by atoms with Crippen LogP contribution >= 0.6 is 0 Å². The van der Waals surface area contributed by atoms with Crippen molar-refractivity contribution in [3.63, 3.8) is 0 Å². The maximum Gasteiger partial charge on any atom is 0.131 e. The molecular weight excluding hydrogens is 231 g/mol. The Morgan fingerprint density at radius 2 is 1.94 bits per heavy atom. The molecule has 0 bridgehead atoms. The number of rotatable bonds is 2. The summed E-state index contributed by atoms with van der Waals surface area (Å²) in [7, 11) is 0. The Morgan fingerprint density at radius 1 is 1.11 bits per heavy atom. The molecule has 1 aromatic carbocycles. The summed E-state index contributed by atoms with van der Waals surface area (Å²) in [5, 5.41) is 20.5. The van der Waals surface area contributed by atoms with E-state index < -0.39 is 5.82 Å². The average molecular weight is 238 g/mol. The van der Waals surface area contributed by atoms with E-state index in [1.807, 2.05) is 12.1 Å². The second-order valence-electron chi connectivity index (χ2n) is 3.47. The largest absolute Gasteiger partial charge is 0.339 e. The van der Waals surface area contributed by atoms with Crippen LogP contribution in [0.3, 0.4) is 0 Å². The normalized spacial score (nSPS) is 9.28. The molecular formula is C13H7FN4. The highest BCUT2D eigenvalue weighted by molar-refractivity contribution is 5.65. The van der Waals surface area contributed by atoms with Gasteiger partial charge in [-0.15, -0.1) is 0 Å². The Bertz CT molecular complexity index is 667. The van der Waals surface area contributed by atoms with E-state index in [-0.39, 0.29) is 5.56 Å². The van der Waals surface area contributed by atoms with Crippen LogP contribution in [0.25, 0.3) is 0 Å². The zero-order valence-corrected chi connectivity index (χ0v) is 9.18. The first-order valence-electron chi connectivity index (χ1n) is 5.06. The van der Waals surface area contributed by atoms with Gasteiger partial charge in [0.2, 0.25) is 0 Å². The van der Waals surface area contributed by atoms with Crippen molar-refractivity contribution in [2.45, 2.75) is 0 Å². The molecule has 0 aliphatic heterocycles. The third-order valence-electron chi connectivity index (χ3n) is 2.25. The smallest absolute Gasteiger partial charge is 0.131 e. The number of anilines is 2. The van der Waals surface area contributed by atoms with Crippen LogP contribution in [0.4, 0.5) is 15.9 Å². The van der Waals surface area contributed by atoms with Crippen LogP contribution in [0.15, 0.2) is 36.5 Å². The summed E-state index contributed by atoms with van der Waals surface area (Å²) in [6.07, 6.45) is 1.48. The predicted octanol–water partition coefficient (Wildman–Crippen LogP) is 2.71. The lowest BCUT2D eigenvalue weighted by Gasteiger charge is -2.07. The Labute approximate surface area is 103 Å². The Hall–Kier alpha value is -2.92. The molecule has 0 aliphatic rings. The standard InChI is InChI=1S/C13H7FN4/c14-11-1-2-12(10(6-11)8-16)18-13-5-9(7-15)3-4-17-13/h1-6H,(H,17,18). The van der Waals surface area contributed by atoms with E-state index in [0.717, 1.165) is 6.07 Å². The number of pyridine rings is 1. The molecule has 18 heavy (non-hydrogen) atoms. The number of halogens is 1. The Kier molecular flexibility index (Phi) is 3.17. The highest BCUT2D eigenvalue weighted by Crippen LogP contribution is 2.20. The van der Waals surface area contributed by atoms with Crippen molar-refractivity contribution < 1.29 is 4.39 Å². The molecule has 0 saturated heterocycles. The van der Waals surface area contributed by atoms with Gasteiger partial charge in [-0.05, 0) is 30.3 Å². The van der Waals surface area contributed by atoms with Crippen LogP contribution in [0, 0.1) is 28.5 Å². The predicted molar refractivity (Wildman–Crippen MR) is 63.3 cm³/mol.